The maximum absolute atomic E-state index is 12.2. The fourth-order valence-electron chi connectivity index (χ4n) is 2.32. The van der Waals surface area contributed by atoms with E-state index in [4.69, 9.17) is 0 Å². The minimum absolute atomic E-state index is 0.0919. The van der Waals surface area contributed by atoms with Gasteiger partial charge in [0.2, 0.25) is 11.8 Å². The van der Waals surface area contributed by atoms with Crippen LogP contribution >= 0.6 is 0 Å². The summed E-state index contributed by atoms with van der Waals surface area (Å²) in [7, 11) is 0. The topological polar surface area (TPSA) is 49.4 Å². The Morgan fingerprint density at radius 1 is 1.19 bits per heavy atom. The minimum atomic E-state index is -4.26. The van der Waals surface area contributed by atoms with Gasteiger partial charge in [0.05, 0.1) is 6.54 Å². The van der Waals surface area contributed by atoms with Crippen LogP contribution in [0.1, 0.15) is 24.4 Å². The van der Waals surface area contributed by atoms with E-state index in [1.165, 1.54) is 4.90 Å². The molecule has 1 aromatic carbocycles. The number of alkyl halides is 3. The van der Waals surface area contributed by atoms with Gasteiger partial charge in [-0.15, -0.1) is 0 Å². The molecule has 1 heterocycles. The maximum Gasteiger partial charge on any atom is 0.389 e. The van der Waals surface area contributed by atoms with Crippen molar-refractivity contribution >= 4 is 11.8 Å². The van der Waals surface area contributed by atoms with Gasteiger partial charge in [-0.25, -0.2) is 0 Å². The smallest absolute Gasteiger partial charge is 0.345 e. The molecule has 4 nitrogen and oxygen atoms in total. The quantitative estimate of drug-likeness (QED) is 0.925. The predicted molar refractivity (Wildman–Crippen MR) is 69.2 cm³/mol. The number of rotatable bonds is 4. The number of amides is 2. The highest BCUT2D eigenvalue weighted by molar-refractivity contribution is 5.95. The van der Waals surface area contributed by atoms with Crippen LogP contribution < -0.4 is 5.32 Å². The Kier molecular flexibility index (Phi) is 4.50. The average molecular weight is 300 g/mol. The molecular formula is C14H15F3N2O2. The zero-order valence-corrected chi connectivity index (χ0v) is 11.2. The molecule has 0 radical (unpaired) electrons. The van der Waals surface area contributed by atoms with E-state index in [-0.39, 0.29) is 31.3 Å². The van der Waals surface area contributed by atoms with Gasteiger partial charge in [0, 0.05) is 13.0 Å². The van der Waals surface area contributed by atoms with E-state index >= 15 is 0 Å². The number of hydrogen-bond donors (Lipinski definition) is 1. The van der Waals surface area contributed by atoms with Gasteiger partial charge in [-0.2, -0.15) is 13.2 Å². The molecular weight excluding hydrogens is 285 g/mol. The van der Waals surface area contributed by atoms with Crippen LogP contribution in [0.5, 0.6) is 0 Å². The molecule has 0 saturated carbocycles. The molecule has 114 valence electrons. The molecule has 21 heavy (non-hydrogen) atoms. The lowest BCUT2D eigenvalue weighted by Crippen LogP contribution is -2.53. The van der Waals surface area contributed by atoms with Crippen molar-refractivity contribution in [1.82, 2.24) is 10.2 Å². The molecule has 2 rings (SSSR count). The first-order chi connectivity index (χ1) is 9.88. The summed E-state index contributed by atoms with van der Waals surface area (Å²) < 4.78 is 36.7. The number of halogens is 3. The van der Waals surface area contributed by atoms with Gasteiger partial charge in [-0.3, -0.25) is 9.59 Å². The summed E-state index contributed by atoms with van der Waals surface area (Å²) >= 11 is 0. The van der Waals surface area contributed by atoms with E-state index in [1.54, 1.807) is 30.3 Å². The monoisotopic (exact) mass is 300 g/mol. The van der Waals surface area contributed by atoms with Gasteiger partial charge in [-0.05, 0) is 12.0 Å². The van der Waals surface area contributed by atoms with E-state index in [2.05, 4.69) is 5.32 Å². The molecule has 1 aromatic rings. The summed E-state index contributed by atoms with van der Waals surface area (Å²) in [5.74, 6) is -0.738. The van der Waals surface area contributed by atoms with Crippen molar-refractivity contribution < 1.29 is 22.8 Å². The van der Waals surface area contributed by atoms with Crippen LogP contribution in [-0.2, 0) is 9.59 Å². The van der Waals surface area contributed by atoms with Gasteiger partial charge in [-0.1, -0.05) is 30.3 Å². The lowest BCUT2D eigenvalue weighted by atomic mass is 10.0. The normalized spacial score (nSPS) is 19.6. The predicted octanol–water partition coefficient (Wildman–Crippen LogP) is 2.03. The molecule has 2 amide bonds. The zero-order valence-electron chi connectivity index (χ0n) is 11.2. The molecule has 0 aliphatic carbocycles. The van der Waals surface area contributed by atoms with Gasteiger partial charge in [0.1, 0.15) is 6.04 Å². The Bertz CT molecular complexity index is 517. The van der Waals surface area contributed by atoms with Gasteiger partial charge in [0.15, 0.2) is 0 Å². The Balaban J connectivity index is 2.13. The van der Waals surface area contributed by atoms with Gasteiger partial charge >= 0.3 is 6.18 Å². The van der Waals surface area contributed by atoms with Crippen LogP contribution in [0, 0.1) is 0 Å². The highest BCUT2D eigenvalue weighted by Crippen LogP contribution is 2.26. The summed E-state index contributed by atoms with van der Waals surface area (Å²) in [5.41, 5.74) is 0.593. The second kappa shape index (κ2) is 6.15. The van der Waals surface area contributed by atoms with Crippen LogP contribution in [0.15, 0.2) is 30.3 Å². The molecule has 1 unspecified atom stereocenters. The van der Waals surface area contributed by atoms with Crippen LogP contribution in [0.3, 0.4) is 0 Å². The second-order valence-electron chi connectivity index (χ2n) is 4.84. The molecule has 1 saturated heterocycles. The van der Waals surface area contributed by atoms with Crippen LogP contribution in [-0.4, -0.2) is 36.0 Å². The Hall–Kier alpha value is -2.05. The number of nitrogens with one attached hydrogen (secondary N) is 1. The highest BCUT2D eigenvalue weighted by Gasteiger charge is 2.36. The van der Waals surface area contributed by atoms with Crippen molar-refractivity contribution in [3.05, 3.63) is 35.9 Å². The number of carbonyl (C=O) groups is 2. The maximum atomic E-state index is 12.2. The van der Waals surface area contributed by atoms with E-state index in [1.807, 2.05) is 0 Å². The standard InChI is InChI=1S/C14H15F3N2O2/c15-14(16,17)7-4-8-19-11(20)9-18-13(21)12(19)10-5-2-1-3-6-10/h1-3,5-6,12H,4,7-9H2,(H,18,21). The Morgan fingerprint density at radius 2 is 1.86 bits per heavy atom. The third-order valence-corrected chi connectivity index (χ3v) is 3.27. The Morgan fingerprint density at radius 3 is 2.48 bits per heavy atom. The zero-order chi connectivity index (χ0) is 15.5. The molecule has 1 fully saturated rings. The molecule has 0 spiro atoms. The number of benzene rings is 1. The largest absolute Gasteiger partial charge is 0.389 e. The summed E-state index contributed by atoms with van der Waals surface area (Å²) in [6, 6.07) is 7.70. The molecule has 1 atom stereocenters. The van der Waals surface area contributed by atoms with Crippen molar-refractivity contribution in [2.75, 3.05) is 13.1 Å². The fraction of sp³-hybridized carbons (Fsp3) is 0.429. The first-order valence-corrected chi connectivity index (χ1v) is 6.57. The summed E-state index contributed by atoms with van der Waals surface area (Å²) in [6.07, 6.45) is -5.45. The highest BCUT2D eigenvalue weighted by atomic mass is 19.4. The molecule has 1 N–H and O–H groups in total. The van der Waals surface area contributed by atoms with E-state index in [0.717, 1.165) is 0 Å². The van der Waals surface area contributed by atoms with Crippen LogP contribution in [0.25, 0.3) is 0 Å². The lowest BCUT2D eigenvalue weighted by molar-refractivity contribution is -0.149. The van der Waals surface area contributed by atoms with Crippen molar-refractivity contribution in [3.63, 3.8) is 0 Å². The van der Waals surface area contributed by atoms with E-state index < -0.39 is 18.6 Å². The van der Waals surface area contributed by atoms with Crippen LogP contribution in [0.2, 0.25) is 0 Å². The van der Waals surface area contributed by atoms with Crippen LogP contribution in [0.4, 0.5) is 13.2 Å². The Labute approximate surface area is 119 Å². The van der Waals surface area contributed by atoms with E-state index in [9.17, 15) is 22.8 Å². The number of nitrogens with zero attached hydrogens (tertiary/aromatic N) is 1. The second-order valence-corrected chi connectivity index (χ2v) is 4.84. The third kappa shape index (κ3) is 3.96. The minimum Gasteiger partial charge on any atom is -0.345 e. The van der Waals surface area contributed by atoms with Crippen molar-refractivity contribution in [2.24, 2.45) is 0 Å². The lowest BCUT2D eigenvalue weighted by Gasteiger charge is -2.35. The van der Waals surface area contributed by atoms with Gasteiger partial charge in [0.25, 0.3) is 0 Å². The molecule has 0 aromatic heterocycles. The molecule has 7 heteroatoms. The van der Waals surface area contributed by atoms with Crippen molar-refractivity contribution in [1.29, 1.82) is 0 Å². The molecule has 1 aliphatic heterocycles. The first kappa shape index (κ1) is 15.3. The first-order valence-electron chi connectivity index (χ1n) is 6.57. The number of hydrogen-bond acceptors (Lipinski definition) is 2. The average Bonchev–Trinajstić information content (AvgIpc) is 2.42. The van der Waals surface area contributed by atoms with E-state index in [0.29, 0.717) is 5.56 Å². The third-order valence-electron chi connectivity index (χ3n) is 3.27. The number of carbonyl (C=O) groups excluding carboxylic acids is 2. The summed E-state index contributed by atoms with van der Waals surface area (Å²) in [4.78, 5) is 25.1. The van der Waals surface area contributed by atoms with Gasteiger partial charge < -0.3 is 10.2 Å². The molecule has 1 aliphatic rings. The van der Waals surface area contributed by atoms with Crippen molar-refractivity contribution in [3.8, 4) is 0 Å². The number of piperazine rings is 1. The molecule has 0 bridgehead atoms. The van der Waals surface area contributed by atoms with Crippen molar-refractivity contribution in [2.45, 2.75) is 25.1 Å². The SMILES string of the molecule is O=C1NCC(=O)N(CCCC(F)(F)F)C1c1ccccc1. The summed E-state index contributed by atoms with van der Waals surface area (Å²) in [5, 5.41) is 2.46. The fourth-order valence-corrected chi connectivity index (χ4v) is 2.32. The summed E-state index contributed by atoms with van der Waals surface area (Å²) in [6.45, 7) is -0.264.